The van der Waals surface area contributed by atoms with Crippen molar-refractivity contribution < 1.29 is 18.1 Å². The zero-order chi connectivity index (χ0) is 16.5. The summed E-state index contributed by atoms with van der Waals surface area (Å²) in [6.07, 6.45) is -0.500. The number of ether oxygens (including phenoxy) is 1. The number of benzene rings is 1. The number of anilines is 1. The maximum Gasteiger partial charge on any atom is 0.294 e. The molecule has 1 aliphatic heterocycles. The molecular weight excluding hydrogens is 312 g/mol. The highest BCUT2D eigenvalue weighted by atomic mass is 32.2. The number of morpholine rings is 1. The lowest BCUT2D eigenvalue weighted by Gasteiger charge is -2.37. The minimum Gasteiger partial charge on any atom is -0.356 e. The van der Waals surface area contributed by atoms with Gasteiger partial charge in [0.2, 0.25) is 10.0 Å². The molecule has 1 atom stereocenters. The van der Waals surface area contributed by atoms with Gasteiger partial charge in [0.05, 0.1) is 11.5 Å². The maximum atomic E-state index is 11.8. The van der Waals surface area contributed by atoms with E-state index in [-0.39, 0.29) is 16.3 Å². The Morgan fingerprint density at radius 3 is 2.73 bits per heavy atom. The van der Waals surface area contributed by atoms with Crippen LogP contribution in [0.3, 0.4) is 0 Å². The standard InChI is InChI=1S/C12H18N4O5S/c1-14-6-7-21-11(8-14)15(2)12-9(16(17)18)4-3-5-10(12)22(13,19)20/h3-5,11H,6-8H2,1-2H3,(H2,13,19,20). The number of likely N-dealkylation sites (N-methyl/N-ethyl adjacent to an activating group) is 2. The first-order chi connectivity index (χ1) is 10.2. The van der Waals surface area contributed by atoms with Gasteiger partial charge in [-0.2, -0.15) is 0 Å². The highest BCUT2D eigenvalue weighted by molar-refractivity contribution is 7.89. The second-order valence-corrected chi connectivity index (χ2v) is 6.65. The molecule has 1 aromatic rings. The van der Waals surface area contributed by atoms with Crippen molar-refractivity contribution in [2.45, 2.75) is 11.1 Å². The molecule has 9 nitrogen and oxygen atoms in total. The molecular formula is C12H18N4O5S. The first kappa shape index (κ1) is 16.6. The van der Waals surface area contributed by atoms with E-state index in [0.717, 1.165) is 6.54 Å². The molecule has 1 saturated heterocycles. The minimum absolute atomic E-state index is 0.0599. The minimum atomic E-state index is -4.10. The number of rotatable bonds is 4. The van der Waals surface area contributed by atoms with Crippen LogP contribution in [0.4, 0.5) is 11.4 Å². The fourth-order valence-corrected chi connectivity index (χ4v) is 3.16. The Balaban J connectivity index is 2.53. The second-order valence-electron chi connectivity index (χ2n) is 5.12. The number of para-hydroxylation sites is 1. The number of nitro benzene ring substituents is 1. The van der Waals surface area contributed by atoms with Crippen LogP contribution >= 0.6 is 0 Å². The molecule has 10 heteroatoms. The first-order valence-electron chi connectivity index (χ1n) is 6.55. The van der Waals surface area contributed by atoms with Crippen LogP contribution in [0.2, 0.25) is 0 Å². The lowest BCUT2D eigenvalue weighted by molar-refractivity contribution is -0.384. The van der Waals surface area contributed by atoms with Crippen molar-refractivity contribution >= 4 is 21.4 Å². The quantitative estimate of drug-likeness (QED) is 0.608. The molecule has 0 aliphatic carbocycles. The molecule has 1 heterocycles. The molecule has 1 aliphatic rings. The first-order valence-corrected chi connectivity index (χ1v) is 8.09. The molecule has 0 radical (unpaired) electrons. The van der Waals surface area contributed by atoms with Crippen molar-refractivity contribution in [3.8, 4) is 0 Å². The van der Waals surface area contributed by atoms with E-state index >= 15 is 0 Å². The van der Waals surface area contributed by atoms with Crippen molar-refractivity contribution in [3.63, 3.8) is 0 Å². The molecule has 1 fully saturated rings. The molecule has 0 bridgehead atoms. The van der Waals surface area contributed by atoms with Crippen LogP contribution in [0.15, 0.2) is 23.1 Å². The van der Waals surface area contributed by atoms with Crippen molar-refractivity contribution in [1.29, 1.82) is 0 Å². The van der Waals surface area contributed by atoms with Gasteiger partial charge < -0.3 is 9.64 Å². The fourth-order valence-electron chi connectivity index (χ4n) is 2.38. The Morgan fingerprint density at radius 1 is 1.50 bits per heavy atom. The third kappa shape index (κ3) is 3.35. The van der Waals surface area contributed by atoms with Crippen LogP contribution in [0.5, 0.6) is 0 Å². The van der Waals surface area contributed by atoms with Gasteiger partial charge in [-0.3, -0.25) is 15.0 Å². The van der Waals surface area contributed by atoms with Gasteiger partial charge in [-0.1, -0.05) is 6.07 Å². The highest BCUT2D eigenvalue weighted by Gasteiger charge is 2.31. The van der Waals surface area contributed by atoms with Crippen LogP contribution < -0.4 is 10.0 Å². The molecule has 2 N–H and O–H groups in total. The van der Waals surface area contributed by atoms with Crippen LogP contribution in [-0.2, 0) is 14.8 Å². The smallest absolute Gasteiger partial charge is 0.294 e. The number of hydrogen-bond donors (Lipinski definition) is 1. The second kappa shape index (κ2) is 6.16. The Morgan fingerprint density at radius 2 is 2.18 bits per heavy atom. The van der Waals surface area contributed by atoms with Gasteiger partial charge in [-0.25, -0.2) is 13.6 Å². The molecule has 2 rings (SSSR count). The summed E-state index contributed by atoms with van der Waals surface area (Å²) in [5, 5.41) is 16.4. The van der Waals surface area contributed by atoms with Crippen LogP contribution in [0.1, 0.15) is 0 Å². The Kier molecular flexibility index (Phi) is 4.66. The monoisotopic (exact) mass is 330 g/mol. The van der Waals surface area contributed by atoms with E-state index in [9.17, 15) is 18.5 Å². The molecule has 0 amide bonds. The average molecular weight is 330 g/mol. The lowest BCUT2D eigenvalue weighted by Crippen LogP contribution is -2.49. The zero-order valence-electron chi connectivity index (χ0n) is 12.3. The van der Waals surface area contributed by atoms with Crippen molar-refractivity contribution in [2.75, 3.05) is 38.7 Å². The largest absolute Gasteiger partial charge is 0.356 e. The molecule has 1 unspecified atom stereocenters. The number of nitrogens with two attached hydrogens (primary N) is 1. The summed E-state index contributed by atoms with van der Waals surface area (Å²) in [6.45, 7) is 1.69. The summed E-state index contributed by atoms with van der Waals surface area (Å²) < 4.78 is 29.1. The van der Waals surface area contributed by atoms with Gasteiger partial charge in [-0.15, -0.1) is 0 Å². The van der Waals surface area contributed by atoms with Gasteiger partial charge in [-0.05, 0) is 13.1 Å². The summed E-state index contributed by atoms with van der Waals surface area (Å²) in [6, 6.07) is 3.79. The average Bonchev–Trinajstić information content (AvgIpc) is 2.44. The van der Waals surface area contributed by atoms with Gasteiger partial charge >= 0.3 is 0 Å². The predicted molar refractivity (Wildman–Crippen MR) is 80.1 cm³/mol. The van der Waals surface area contributed by atoms with E-state index in [1.807, 2.05) is 11.9 Å². The number of nitro groups is 1. The van der Waals surface area contributed by atoms with Crippen LogP contribution in [-0.4, -0.2) is 58.3 Å². The third-order valence-corrected chi connectivity index (χ3v) is 4.46. The van der Waals surface area contributed by atoms with Crippen molar-refractivity contribution in [1.82, 2.24) is 4.90 Å². The summed E-state index contributed by atoms with van der Waals surface area (Å²) in [7, 11) is -0.653. The number of nitrogens with zero attached hydrogens (tertiary/aromatic N) is 3. The van der Waals surface area contributed by atoms with E-state index in [1.165, 1.54) is 23.1 Å². The molecule has 122 valence electrons. The Hall–Kier alpha value is -1.75. The molecule has 0 spiro atoms. The van der Waals surface area contributed by atoms with Gasteiger partial charge in [0.1, 0.15) is 16.8 Å². The lowest BCUT2D eigenvalue weighted by atomic mass is 10.2. The van der Waals surface area contributed by atoms with E-state index < -0.39 is 21.2 Å². The predicted octanol–water partition coefficient (Wildman–Crippen LogP) is -0.0335. The topological polar surface area (TPSA) is 119 Å². The van der Waals surface area contributed by atoms with E-state index in [4.69, 9.17) is 9.88 Å². The van der Waals surface area contributed by atoms with E-state index in [1.54, 1.807) is 7.05 Å². The summed E-state index contributed by atoms with van der Waals surface area (Å²) in [4.78, 5) is 13.8. The normalized spacial score (nSPS) is 19.9. The van der Waals surface area contributed by atoms with Crippen molar-refractivity contribution in [3.05, 3.63) is 28.3 Å². The number of hydrogen-bond acceptors (Lipinski definition) is 7. The highest BCUT2D eigenvalue weighted by Crippen LogP contribution is 2.35. The SMILES string of the molecule is CN1CCOC(N(C)c2c([N+](=O)[O-])cccc2S(N)(=O)=O)C1. The molecule has 0 aromatic heterocycles. The van der Waals surface area contributed by atoms with E-state index in [2.05, 4.69) is 0 Å². The Labute approximate surface area is 128 Å². The van der Waals surface area contributed by atoms with Gasteiger partial charge in [0.15, 0.2) is 0 Å². The summed E-state index contributed by atoms with van der Waals surface area (Å²) >= 11 is 0. The zero-order valence-corrected chi connectivity index (χ0v) is 13.1. The molecule has 1 aromatic carbocycles. The summed E-state index contributed by atoms with van der Waals surface area (Å²) in [5.74, 6) is 0. The van der Waals surface area contributed by atoms with Crippen molar-refractivity contribution in [2.24, 2.45) is 5.14 Å². The molecule has 0 saturated carbocycles. The van der Waals surface area contributed by atoms with Crippen LogP contribution in [0, 0.1) is 10.1 Å². The van der Waals surface area contributed by atoms with Gasteiger partial charge in [0.25, 0.3) is 5.69 Å². The number of sulfonamides is 1. The fraction of sp³-hybridized carbons (Fsp3) is 0.500. The number of primary sulfonamides is 1. The third-order valence-electron chi connectivity index (χ3n) is 3.52. The van der Waals surface area contributed by atoms with Gasteiger partial charge in [0, 0.05) is 26.2 Å². The maximum absolute atomic E-state index is 11.8. The summed E-state index contributed by atoms with van der Waals surface area (Å²) in [5.41, 5.74) is -0.388. The molecule has 22 heavy (non-hydrogen) atoms. The van der Waals surface area contributed by atoms with E-state index in [0.29, 0.717) is 13.2 Å². The Bertz CT molecular complexity index is 678. The van der Waals surface area contributed by atoms with Crippen LogP contribution in [0.25, 0.3) is 0 Å².